The average molecular weight is 292 g/mol. The third-order valence-electron chi connectivity index (χ3n) is 4.13. The Kier molecular flexibility index (Phi) is 4.38. The predicted molar refractivity (Wildman–Crippen MR) is 82.3 cm³/mol. The molecule has 0 aromatic heterocycles. The van der Waals surface area contributed by atoms with Crippen LogP contribution in [0, 0.1) is 12.7 Å². The molecule has 1 aromatic rings. The van der Waals surface area contributed by atoms with Crippen molar-refractivity contribution in [2.24, 2.45) is 5.73 Å². The lowest BCUT2D eigenvalue weighted by Crippen LogP contribution is -2.51. The second-order valence-electron chi connectivity index (χ2n) is 6.94. The molecule has 1 saturated heterocycles. The molecule has 0 spiro atoms. The summed E-state index contributed by atoms with van der Waals surface area (Å²) in [5, 5.41) is 0. The van der Waals surface area contributed by atoms with Crippen molar-refractivity contribution < 1.29 is 9.18 Å². The van der Waals surface area contributed by atoms with Crippen molar-refractivity contribution in [2.45, 2.75) is 64.6 Å². The fourth-order valence-electron chi connectivity index (χ4n) is 3.15. The summed E-state index contributed by atoms with van der Waals surface area (Å²) in [6, 6.07) is 4.72. The lowest BCUT2D eigenvalue weighted by Gasteiger charge is -2.43. The number of halogens is 1. The second-order valence-corrected chi connectivity index (χ2v) is 6.94. The van der Waals surface area contributed by atoms with Gasteiger partial charge in [0.05, 0.1) is 6.04 Å². The molecule has 2 rings (SSSR count). The van der Waals surface area contributed by atoms with Crippen LogP contribution in [0.15, 0.2) is 18.2 Å². The first-order chi connectivity index (χ1) is 9.71. The van der Waals surface area contributed by atoms with Gasteiger partial charge in [0.25, 0.3) is 0 Å². The SMILES string of the molecule is Cc1cc(C2C(N)CCCC(=O)N2C(C)(C)C)ccc1F. The number of benzene rings is 1. The third kappa shape index (κ3) is 3.26. The summed E-state index contributed by atoms with van der Waals surface area (Å²) in [5.74, 6) is -0.1000. The minimum absolute atomic E-state index is 0.125. The van der Waals surface area contributed by atoms with Crippen LogP contribution in [-0.2, 0) is 4.79 Å². The largest absolute Gasteiger partial charge is 0.329 e. The van der Waals surface area contributed by atoms with Crippen LogP contribution >= 0.6 is 0 Å². The number of likely N-dealkylation sites (tertiary alicyclic amines) is 1. The molecule has 3 nitrogen and oxygen atoms in total. The van der Waals surface area contributed by atoms with Gasteiger partial charge in [0.2, 0.25) is 5.91 Å². The van der Waals surface area contributed by atoms with Crippen molar-refractivity contribution in [1.29, 1.82) is 0 Å². The Morgan fingerprint density at radius 2 is 2.00 bits per heavy atom. The van der Waals surface area contributed by atoms with Gasteiger partial charge in [-0.25, -0.2) is 4.39 Å². The van der Waals surface area contributed by atoms with Crippen molar-refractivity contribution >= 4 is 5.91 Å². The zero-order valence-corrected chi connectivity index (χ0v) is 13.3. The molecule has 21 heavy (non-hydrogen) atoms. The standard InChI is InChI=1S/C17H25FN2O/c1-11-10-12(8-9-13(11)18)16-14(19)6-5-7-15(21)20(16)17(2,3)4/h8-10,14,16H,5-7,19H2,1-4H3. The van der Waals surface area contributed by atoms with Gasteiger partial charge in [-0.3, -0.25) is 4.79 Å². The molecule has 116 valence electrons. The lowest BCUT2D eigenvalue weighted by atomic mass is 9.91. The Labute approximate surface area is 126 Å². The molecule has 0 saturated carbocycles. The zero-order chi connectivity index (χ0) is 15.8. The van der Waals surface area contributed by atoms with Gasteiger partial charge in [-0.05, 0) is 57.7 Å². The maximum atomic E-state index is 13.5. The fourth-order valence-corrected chi connectivity index (χ4v) is 3.15. The number of amides is 1. The highest BCUT2D eigenvalue weighted by Gasteiger charge is 2.39. The van der Waals surface area contributed by atoms with Crippen molar-refractivity contribution in [2.75, 3.05) is 0 Å². The highest BCUT2D eigenvalue weighted by atomic mass is 19.1. The molecule has 0 bridgehead atoms. The van der Waals surface area contributed by atoms with E-state index in [1.54, 1.807) is 13.0 Å². The summed E-state index contributed by atoms with van der Waals surface area (Å²) in [7, 11) is 0. The van der Waals surface area contributed by atoms with Crippen molar-refractivity contribution in [3.63, 3.8) is 0 Å². The highest BCUT2D eigenvalue weighted by molar-refractivity contribution is 5.78. The van der Waals surface area contributed by atoms with Crippen LogP contribution in [0.25, 0.3) is 0 Å². The quantitative estimate of drug-likeness (QED) is 0.863. The van der Waals surface area contributed by atoms with Crippen LogP contribution in [-0.4, -0.2) is 22.4 Å². The van der Waals surface area contributed by atoms with Crippen molar-refractivity contribution in [3.8, 4) is 0 Å². The minimum Gasteiger partial charge on any atom is -0.329 e. The van der Waals surface area contributed by atoms with Crippen LogP contribution in [0.5, 0.6) is 0 Å². The molecule has 0 aliphatic carbocycles. The Morgan fingerprint density at radius 1 is 1.33 bits per heavy atom. The summed E-state index contributed by atoms with van der Waals surface area (Å²) >= 11 is 0. The van der Waals surface area contributed by atoms with E-state index in [0.717, 1.165) is 18.4 Å². The Morgan fingerprint density at radius 3 is 2.57 bits per heavy atom. The summed E-state index contributed by atoms with van der Waals surface area (Å²) in [5.41, 5.74) is 7.56. The number of rotatable bonds is 1. The van der Waals surface area contributed by atoms with Crippen LogP contribution in [0.3, 0.4) is 0 Å². The van der Waals surface area contributed by atoms with Gasteiger partial charge in [0, 0.05) is 18.0 Å². The van der Waals surface area contributed by atoms with Gasteiger partial charge in [-0.1, -0.05) is 12.1 Å². The first kappa shape index (κ1) is 16.0. The number of carbonyl (C=O) groups excluding carboxylic acids is 1. The first-order valence-electron chi connectivity index (χ1n) is 7.55. The molecule has 1 fully saturated rings. The first-order valence-corrected chi connectivity index (χ1v) is 7.55. The molecule has 2 N–H and O–H groups in total. The van der Waals surface area contributed by atoms with Gasteiger partial charge in [-0.15, -0.1) is 0 Å². The van der Waals surface area contributed by atoms with Gasteiger partial charge in [-0.2, -0.15) is 0 Å². The topological polar surface area (TPSA) is 46.3 Å². The molecule has 1 amide bonds. The number of nitrogens with two attached hydrogens (primary N) is 1. The van der Waals surface area contributed by atoms with Gasteiger partial charge < -0.3 is 10.6 Å². The number of nitrogens with zero attached hydrogens (tertiary/aromatic N) is 1. The van der Waals surface area contributed by atoms with E-state index in [-0.39, 0.29) is 29.3 Å². The lowest BCUT2D eigenvalue weighted by molar-refractivity contribution is -0.139. The number of hydrogen-bond donors (Lipinski definition) is 1. The molecular weight excluding hydrogens is 267 g/mol. The molecule has 0 radical (unpaired) electrons. The molecule has 1 aliphatic heterocycles. The molecule has 2 atom stereocenters. The van der Waals surface area contributed by atoms with E-state index in [2.05, 4.69) is 0 Å². The number of aryl methyl sites for hydroxylation is 1. The van der Waals surface area contributed by atoms with E-state index in [4.69, 9.17) is 5.73 Å². The zero-order valence-electron chi connectivity index (χ0n) is 13.3. The smallest absolute Gasteiger partial charge is 0.223 e. The summed E-state index contributed by atoms with van der Waals surface area (Å²) < 4.78 is 13.5. The van der Waals surface area contributed by atoms with Crippen molar-refractivity contribution in [1.82, 2.24) is 4.90 Å². The van der Waals surface area contributed by atoms with E-state index in [9.17, 15) is 9.18 Å². The fraction of sp³-hybridized carbons (Fsp3) is 0.588. The maximum absolute atomic E-state index is 13.5. The monoisotopic (exact) mass is 292 g/mol. The maximum Gasteiger partial charge on any atom is 0.223 e. The van der Waals surface area contributed by atoms with E-state index in [1.165, 1.54) is 6.07 Å². The van der Waals surface area contributed by atoms with Crippen LogP contribution in [0.1, 0.15) is 57.2 Å². The Hall–Kier alpha value is -1.42. The normalized spacial score (nSPS) is 24.1. The molecule has 1 heterocycles. The molecule has 2 unspecified atom stereocenters. The molecule has 4 heteroatoms. The predicted octanol–water partition coefficient (Wildman–Crippen LogP) is 3.31. The summed E-state index contributed by atoms with van der Waals surface area (Å²) in [6.07, 6.45) is 2.14. The Bertz CT molecular complexity index is 536. The average Bonchev–Trinajstić information content (AvgIpc) is 2.51. The second kappa shape index (κ2) is 5.76. The van der Waals surface area contributed by atoms with Gasteiger partial charge in [0.15, 0.2) is 0 Å². The van der Waals surface area contributed by atoms with E-state index < -0.39 is 0 Å². The molecular formula is C17H25FN2O. The van der Waals surface area contributed by atoms with E-state index in [0.29, 0.717) is 12.0 Å². The highest BCUT2D eigenvalue weighted by Crippen LogP contribution is 2.35. The summed E-state index contributed by atoms with van der Waals surface area (Å²) in [6.45, 7) is 7.80. The van der Waals surface area contributed by atoms with Crippen LogP contribution in [0.2, 0.25) is 0 Å². The van der Waals surface area contributed by atoms with Gasteiger partial charge in [0.1, 0.15) is 5.82 Å². The number of hydrogen-bond acceptors (Lipinski definition) is 2. The molecule has 1 aromatic carbocycles. The van der Waals surface area contributed by atoms with Crippen LogP contribution < -0.4 is 5.73 Å². The minimum atomic E-state index is -0.313. The van der Waals surface area contributed by atoms with Gasteiger partial charge >= 0.3 is 0 Å². The Balaban J connectivity index is 2.51. The summed E-state index contributed by atoms with van der Waals surface area (Å²) in [4.78, 5) is 14.4. The molecule has 1 aliphatic rings. The number of carbonyl (C=O) groups is 1. The van der Waals surface area contributed by atoms with E-state index in [1.807, 2.05) is 31.7 Å². The van der Waals surface area contributed by atoms with E-state index >= 15 is 0 Å². The third-order valence-corrected chi connectivity index (χ3v) is 4.13. The van der Waals surface area contributed by atoms with Crippen LogP contribution in [0.4, 0.5) is 4.39 Å². The van der Waals surface area contributed by atoms with Crippen molar-refractivity contribution in [3.05, 3.63) is 35.1 Å².